The number of hydrogen-bond acceptors (Lipinski definition) is 3. The van der Waals surface area contributed by atoms with Crippen LogP contribution < -0.4 is 5.32 Å². The highest BCUT2D eigenvalue weighted by atomic mass is 32.2. The van der Waals surface area contributed by atoms with E-state index in [1.54, 1.807) is 0 Å². The second-order valence-corrected chi connectivity index (χ2v) is 6.00. The molecule has 0 aromatic rings. The lowest BCUT2D eigenvalue weighted by Crippen LogP contribution is -2.41. The standard InChI is InChI=1S/C11H22N2S/c1-9-7-11(8-13(9)2)12-10-3-5-14-6-4-10/h9-12H,3-8H2,1-2H3. The fraction of sp³-hybridized carbons (Fsp3) is 1.00. The molecule has 0 radical (unpaired) electrons. The van der Waals surface area contributed by atoms with Gasteiger partial charge in [-0.2, -0.15) is 11.8 Å². The molecular weight excluding hydrogens is 192 g/mol. The highest BCUT2D eigenvalue weighted by molar-refractivity contribution is 7.99. The maximum absolute atomic E-state index is 3.82. The molecule has 2 rings (SSSR count). The van der Waals surface area contributed by atoms with Crippen LogP contribution in [0.2, 0.25) is 0 Å². The van der Waals surface area contributed by atoms with Crippen molar-refractivity contribution in [1.82, 2.24) is 10.2 Å². The highest BCUT2D eigenvalue weighted by Gasteiger charge is 2.27. The number of nitrogens with one attached hydrogen (secondary N) is 1. The van der Waals surface area contributed by atoms with E-state index in [2.05, 4.69) is 35.9 Å². The molecule has 14 heavy (non-hydrogen) atoms. The summed E-state index contributed by atoms with van der Waals surface area (Å²) in [7, 11) is 2.24. The second kappa shape index (κ2) is 4.86. The van der Waals surface area contributed by atoms with Gasteiger partial charge >= 0.3 is 0 Å². The largest absolute Gasteiger partial charge is 0.310 e. The van der Waals surface area contributed by atoms with E-state index < -0.39 is 0 Å². The lowest BCUT2D eigenvalue weighted by molar-refractivity contribution is 0.323. The van der Waals surface area contributed by atoms with Crippen LogP contribution in [0.5, 0.6) is 0 Å². The molecule has 82 valence electrons. The number of rotatable bonds is 2. The number of likely N-dealkylation sites (tertiary alicyclic amines) is 1. The van der Waals surface area contributed by atoms with E-state index in [4.69, 9.17) is 0 Å². The molecule has 1 N–H and O–H groups in total. The SMILES string of the molecule is CC1CC(NC2CCSCC2)CN1C. The number of hydrogen-bond donors (Lipinski definition) is 1. The van der Waals surface area contributed by atoms with Crippen molar-refractivity contribution >= 4 is 11.8 Å². The van der Waals surface area contributed by atoms with Gasteiger partial charge in [-0.25, -0.2) is 0 Å². The zero-order valence-corrected chi connectivity index (χ0v) is 10.1. The molecule has 0 spiro atoms. The molecular formula is C11H22N2S. The first-order valence-electron chi connectivity index (χ1n) is 5.79. The van der Waals surface area contributed by atoms with Gasteiger partial charge in [-0.15, -0.1) is 0 Å². The molecule has 0 aromatic carbocycles. The molecule has 0 aliphatic carbocycles. The summed E-state index contributed by atoms with van der Waals surface area (Å²) in [4.78, 5) is 2.47. The fourth-order valence-corrected chi connectivity index (χ4v) is 3.62. The van der Waals surface area contributed by atoms with Crippen LogP contribution in [0.3, 0.4) is 0 Å². The predicted molar refractivity (Wildman–Crippen MR) is 64.0 cm³/mol. The van der Waals surface area contributed by atoms with Gasteiger partial charge in [0.15, 0.2) is 0 Å². The third-order valence-electron chi connectivity index (χ3n) is 3.58. The molecule has 0 aromatic heterocycles. The number of likely N-dealkylation sites (N-methyl/N-ethyl adjacent to an activating group) is 1. The summed E-state index contributed by atoms with van der Waals surface area (Å²) in [5.74, 6) is 2.71. The topological polar surface area (TPSA) is 15.3 Å². The van der Waals surface area contributed by atoms with Crippen molar-refractivity contribution in [2.75, 3.05) is 25.1 Å². The van der Waals surface area contributed by atoms with E-state index in [0.717, 1.165) is 18.1 Å². The van der Waals surface area contributed by atoms with E-state index in [9.17, 15) is 0 Å². The highest BCUT2D eigenvalue weighted by Crippen LogP contribution is 2.20. The quantitative estimate of drug-likeness (QED) is 0.751. The van der Waals surface area contributed by atoms with E-state index >= 15 is 0 Å². The van der Waals surface area contributed by atoms with Crippen LogP contribution in [0.1, 0.15) is 26.2 Å². The summed E-state index contributed by atoms with van der Waals surface area (Å²) in [6.07, 6.45) is 4.08. The van der Waals surface area contributed by atoms with Gasteiger partial charge in [0, 0.05) is 24.7 Å². The van der Waals surface area contributed by atoms with Gasteiger partial charge in [0.25, 0.3) is 0 Å². The third kappa shape index (κ3) is 2.65. The van der Waals surface area contributed by atoms with Gasteiger partial charge in [-0.05, 0) is 44.7 Å². The molecule has 3 heteroatoms. The second-order valence-electron chi connectivity index (χ2n) is 4.77. The van der Waals surface area contributed by atoms with Crippen LogP contribution in [-0.2, 0) is 0 Å². The van der Waals surface area contributed by atoms with Gasteiger partial charge in [-0.1, -0.05) is 0 Å². The fourth-order valence-electron chi connectivity index (χ4n) is 2.51. The average molecular weight is 214 g/mol. The zero-order valence-electron chi connectivity index (χ0n) is 9.33. The van der Waals surface area contributed by atoms with Crippen molar-refractivity contribution < 1.29 is 0 Å². The smallest absolute Gasteiger partial charge is 0.0212 e. The Hall–Kier alpha value is 0.270. The first kappa shape index (κ1) is 10.8. The van der Waals surface area contributed by atoms with Crippen molar-refractivity contribution in [3.63, 3.8) is 0 Å². The molecule has 0 saturated carbocycles. The first-order chi connectivity index (χ1) is 6.75. The predicted octanol–water partition coefficient (Wildman–Crippen LogP) is 1.56. The maximum Gasteiger partial charge on any atom is 0.0212 e. The van der Waals surface area contributed by atoms with Gasteiger partial charge in [0.2, 0.25) is 0 Å². The van der Waals surface area contributed by atoms with Gasteiger partial charge in [-0.3, -0.25) is 0 Å². The minimum Gasteiger partial charge on any atom is -0.310 e. The lowest BCUT2D eigenvalue weighted by atomic mass is 10.1. The number of nitrogens with zero attached hydrogens (tertiary/aromatic N) is 1. The Bertz CT molecular complexity index is 170. The van der Waals surface area contributed by atoms with Crippen molar-refractivity contribution in [2.24, 2.45) is 0 Å². The van der Waals surface area contributed by atoms with E-state index in [-0.39, 0.29) is 0 Å². The Kier molecular flexibility index (Phi) is 3.74. The van der Waals surface area contributed by atoms with Crippen LogP contribution in [-0.4, -0.2) is 48.1 Å². The Morgan fingerprint density at radius 2 is 1.93 bits per heavy atom. The monoisotopic (exact) mass is 214 g/mol. The molecule has 2 atom stereocenters. The molecule has 2 unspecified atom stereocenters. The molecule has 0 bridgehead atoms. The molecule has 2 nitrogen and oxygen atoms in total. The summed E-state index contributed by atoms with van der Waals surface area (Å²) in [6, 6.07) is 2.33. The summed E-state index contributed by atoms with van der Waals surface area (Å²) in [6.45, 7) is 3.57. The van der Waals surface area contributed by atoms with Crippen LogP contribution in [0.15, 0.2) is 0 Å². The van der Waals surface area contributed by atoms with Crippen LogP contribution in [0, 0.1) is 0 Å². The zero-order chi connectivity index (χ0) is 9.97. The first-order valence-corrected chi connectivity index (χ1v) is 6.95. The minimum atomic E-state index is 0.753. The van der Waals surface area contributed by atoms with Crippen LogP contribution in [0.25, 0.3) is 0 Å². The normalized spacial score (nSPS) is 36.4. The van der Waals surface area contributed by atoms with Gasteiger partial charge in [0.05, 0.1) is 0 Å². The van der Waals surface area contributed by atoms with E-state index in [1.165, 1.54) is 37.3 Å². The number of thioether (sulfide) groups is 1. The molecule has 2 fully saturated rings. The molecule has 2 aliphatic rings. The van der Waals surface area contributed by atoms with Crippen LogP contribution in [0.4, 0.5) is 0 Å². The van der Waals surface area contributed by atoms with Crippen LogP contribution >= 0.6 is 11.8 Å². The Morgan fingerprint density at radius 3 is 2.50 bits per heavy atom. The van der Waals surface area contributed by atoms with Gasteiger partial charge in [0.1, 0.15) is 0 Å². The molecule has 0 amide bonds. The molecule has 2 aliphatic heterocycles. The molecule has 2 saturated heterocycles. The Balaban J connectivity index is 1.74. The van der Waals surface area contributed by atoms with Gasteiger partial charge < -0.3 is 10.2 Å². The summed E-state index contributed by atoms with van der Waals surface area (Å²) < 4.78 is 0. The van der Waals surface area contributed by atoms with E-state index in [0.29, 0.717) is 0 Å². The maximum atomic E-state index is 3.82. The Labute approximate surface area is 91.8 Å². The van der Waals surface area contributed by atoms with Crippen molar-refractivity contribution in [1.29, 1.82) is 0 Å². The molecule has 2 heterocycles. The van der Waals surface area contributed by atoms with Crippen molar-refractivity contribution in [2.45, 2.75) is 44.3 Å². The van der Waals surface area contributed by atoms with Crippen molar-refractivity contribution in [3.8, 4) is 0 Å². The summed E-state index contributed by atoms with van der Waals surface area (Å²) >= 11 is 2.11. The lowest BCUT2D eigenvalue weighted by Gasteiger charge is -2.26. The summed E-state index contributed by atoms with van der Waals surface area (Å²) in [5.41, 5.74) is 0. The van der Waals surface area contributed by atoms with E-state index in [1.807, 2.05) is 0 Å². The minimum absolute atomic E-state index is 0.753. The van der Waals surface area contributed by atoms with Crippen molar-refractivity contribution in [3.05, 3.63) is 0 Å². The summed E-state index contributed by atoms with van der Waals surface area (Å²) in [5, 5.41) is 3.82. The Morgan fingerprint density at radius 1 is 1.21 bits per heavy atom. The third-order valence-corrected chi connectivity index (χ3v) is 4.63. The average Bonchev–Trinajstić information content (AvgIpc) is 2.47.